The van der Waals surface area contributed by atoms with Gasteiger partial charge in [0.15, 0.2) is 0 Å². The first-order chi connectivity index (χ1) is 13.2. The molecule has 3 aliphatic rings. The summed E-state index contributed by atoms with van der Waals surface area (Å²) in [6.07, 6.45) is 6.31. The number of amides is 1. The van der Waals surface area contributed by atoms with E-state index >= 15 is 0 Å². The van der Waals surface area contributed by atoms with E-state index in [2.05, 4.69) is 15.2 Å². The molecular weight excluding hydrogens is 342 g/mol. The van der Waals surface area contributed by atoms with Gasteiger partial charge in [-0.15, -0.1) is 0 Å². The molecule has 27 heavy (non-hydrogen) atoms. The average molecular weight is 369 g/mol. The average Bonchev–Trinajstić information content (AvgIpc) is 2.70. The van der Waals surface area contributed by atoms with Gasteiger partial charge < -0.3 is 10.1 Å². The predicted molar refractivity (Wildman–Crippen MR) is 106 cm³/mol. The van der Waals surface area contributed by atoms with E-state index in [1.807, 2.05) is 24.4 Å². The van der Waals surface area contributed by atoms with Crippen molar-refractivity contribution >= 4 is 17.8 Å². The molecule has 3 N–H and O–H groups in total. The van der Waals surface area contributed by atoms with Crippen molar-refractivity contribution in [3.8, 4) is 5.75 Å². The van der Waals surface area contributed by atoms with Crippen molar-refractivity contribution in [3.05, 3.63) is 35.2 Å². The molecule has 0 saturated carbocycles. The molecule has 1 aromatic rings. The number of nitrogens with zero attached hydrogens (tertiary/aromatic N) is 3. The summed E-state index contributed by atoms with van der Waals surface area (Å²) in [5, 5.41) is 4.66. The van der Waals surface area contributed by atoms with E-state index in [9.17, 15) is 4.79 Å². The Hall–Kier alpha value is -2.38. The van der Waals surface area contributed by atoms with E-state index in [0.717, 1.165) is 68.9 Å². The number of unbranched alkanes of at least 4 members (excludes halogenated alkanes) is 1. The number of ether oxygens (including phenoxy) is 1. The van der Waals surface area contributed by atoms with Crippen LogP contribution >= 0.6 is 0 Å². The molecular formula is C20H27N5O2. The predicted octanol–water partition coefficient (Wildman–Crippen LogP) is 1.59. The molecule has 0 bridgehead atoms. The molecule has 7 nitrogen and oxygen atoms in total. The second-order valence-corrected chi connectivity index (χ2v) is 7.25. The van der Waals surface area contributed by atoms with Crippen LogP contribution in [0, 0.1) is 0 Å². The Morgan fingerprint density at radius 2 is 2.15 bits per heavy atom. The molecule has 0 atom stereocenters. The summed E-state index contributed by atoms with van der Waals surface area (Å²) in [4.78, 5) is 18.7. The summed E-state index contributed by atoms with van der Waals surface area (Å²) in [6, 6.07) is 5.85. The molecule has 144 valence electrons. The van der Waals surface area contributed by atoms with Gasteiger partial charge in [0, 0.05) is 43.9 Å². The van der Waals surface area contributed by atoms with Crippen molar-refractivity contribution in [2.75, 3.05) is 37.8 Å². The number of hydrogen-bond donors (Lipinski definition) is 2. The fourth-order valence-corrected chi connectivity index (χ4v) is 3.82. The molecule has 3 aliphatic heterocycles. The van der Waals surface area contributed by atoms with E-state index < -0.39 is 0 Å². The lowest BCUT2D eigenvalue weighted by Gasteiger charge is -2.30. The van der Waals surface area contributed by atoms with Crippen molar-refractivity contribution in [2.45, 2.75) is 32.1 Å². The SMILES string of the molecule is NN1C(=O)CCc2ccc(OCCCCN3CCC4=C(C3)N=CCN4)cc21. The Balaban J connectivity index is 1.20. The highest BCUT2D eigenvalue weighted by molar-refractivity contribution is 5.95. The lowest BCUT2D eigenvalue weighted by atomic mass is 10.0. The van der Waals surface area contributed by atoms with Crippen LogP contribution in [0.2, 0.25) is 0 Å². The Morgan fingerprint density at radius 3 is 3.07 bits per heavy atom. The maximum absolute atomic E-state index is 11.7. The summed E-state index contributed by atoms with van der Waals surface area (Å²) >= 11 is 0. The summed E-state index contributed by atoms with van der Waals surface area (Å²) in [6.45, 7) is 4.61. The zero-order valence-electron chi connectivity index (χ0n) is 15.6. The molecule has 0 fully saturated rings. The van der Waals surface area contributed by atoms with Gasteiger partial charge in [-0.3, -0.25) is 14.7 Å². The Labute approximate surface area is 159 Å². The van der Waals surface area contributed by atoms with Gasteiger partial charge in [-0.1, -0.05) is 6.07 Å². The van der Waals surface area contributed by atoms with E-state index in [1.54, 1.807) is 0 Å². The van der Waals surface area contributed by atoms with Crippen LogP contribution in [0.1, 0.15) is 31.2 Å². The molecule has 1 aromatic carbocycles. The first-order valence-corrected chi connectivity index (χ1v) is 9.75. The minimum Gasteiger partial charge on any atom is -0.494 e. The van der Waals surface area contributed by atoms with Crippen LogP contribution in [0.4, 0.5) is 5.69 Å². The minimum atomic E-state index is -0.0445. The smallest absolute Gasteiger partial charge is 0.241 e. The summed E-state index contributed by atoms with van der Waals surface area (Å²) in [7, 11) is 0. The number of benzene rings is 1. The molecule has 0 unspecified atom stereocenters. The number of carbonyl (C=O) groups is 1. The zero-order chi connectivity index (χ0) is 18.6. The Kier molecular flexibility index (Phi) is 5.40. The van der Waals surface area contributed by atoms with Crippen LogP contribution in [-0.4, -0.2) is 49.8 Å². The largest absolute Gasteiger partial charge is 0.494 e. The number of nitrogens with one attached hydrogen (secondary N) is 1. The highest BCUT2D eigenvalue weighted by Crippen LogP contribution is 2.29. The van der Waals surface area contributed by atoms with Crippen LogP contribution < -0.4 is 20.9 Å². The maximum Gasteiger partial charge on any atom is 0.241 e. The fourth-order valence-electron chi connectivity index (χ4n) is 3.82. The second kappa shape index (κ2) is 8.10. The molecule has 0 spiro atoms. The lowest BCUT2D eigenvalue weighted by Crippen LogP contribution is -2.40. The van der Waals surface area contributed by atoms with Crippen LogP contribution in [-0.2, 0) is 11.2 Å². The number of rotatable bonds is 6. The normalized spacial score (nSPS) is 19.6. The minimum absolute atomic E-state index is 0.0445. The highest BCUT2D eigenvalue weighted by atomic mass is 16.5. The number of fused-ring (bicyclic) bond motifs is 1. The van der Waals surface area contributed by atoms with E-state index in [-0.39, 0.29) is 5.91 Å². The van der Waals surface area contributed by atoms with Crippen molar-refractivity contribution in [1.29, 1.82) is 0 Å². The van der Waals surface area contributed by atoms with Gasteiger partial charge in [-0.2, -0.15) is 0 Å². The van der Waals surface area contributed by atoms with Gasteiger partial charge in [0.25, 0.3) is 0 Å². The molecule has 3 heterocycles. The summed E-state index contributed by atoms with van der Waals surface area (Å²) < 4.78 is 5.88. The second-order valence-electron chi connectivity index (χ2n) is 7.25. The third kappa shape index (κ3) is 4.14. The van der Waals surface area contributed by atoms with Crippen LogP contribution in [0.15, 0.2) is 34.6 Å². The monoisotopic (exact) mass is 369 g/mol. The number of carbonyl (C=O) groups excluding carboxylic acids is 1. The number of hydrazine groups is 1. The number of nitrogens with two attached hydrogens (primary N) is 1. The summed E-state index contributed by atoms with van der Waals surface area (Å²) in [5.41, 5.74) is 4.38. The molecule has 0 saturated heterocycles. The van der Waals surface area contributed by atoms with Gasteiger partial charge in [-0.25, -0.2) is 10.9 Å². The topological polar surface area (TPSA) is 83.2 Å². The quantitative estimate of drug-likeness (QED) is 0.452. The standard InChI is InChI=1S/C20H27N5O2/c21-25-19-13-16(5-3-15(19)4-6-20(25)26)27-12-2-1-10-24-11-7-17-18(14-24)23-9-8-22-17/h3,5,9,13,22H,1-2,4,6-8,10-12,14,21H2. The molecule has 7 heteroatoms. The molecule has 1 amide bonds. The zero-order valence-corrected chi connectivity index (χ0v) is 15.6. The Bertz CT molecular complexity index is 774. The first kappa shape index (κ1) is 18.0. The highest BCUT2D eigenvalue weighted by Gasteiger charge is 2.22. The number of aryl methyl sites for hydroxylation is 1. The van der Waals surface area contributed by atoms with Gasteiger partial charge in [0.1, 0.15) is 5.75 Å². The van der Waals surface area contributed by atoms with Crippen LogP contribution in [0.25, 0.3) is 0 Å². The molecule has 4 rings (SSSR count). The number of aliphatic imine (C=N–C) groups is 1. The van der Waals surface area contributed by atoms with Crippen molar-refractivity contribution in [2.24, 2.45) is 10.8 Å². The van der Waals surface area contributed by atoms with E-state index in [4.69, 9.17) is 10.6 Å². The van der Waals surface area contributed by atoms with Crippen molar-refractivity contribution in [3.63, 3.8) is 0 Å². The number of hydrogen-bond acceptors (Lipinski definition) is 6. The third-order valence-electron chi connectivity index (χ3n) is 5.38. The first-order valence-electron chi connectivity index (χ1n) is 9.75. The van der Waals surface area contributed by atoms with Gasteiger partial charge in [-0.05, 0) is 37.4 Å². The lowest BCUT2D eigenvalue weighted by molar-refractivity contribution is -0.119. The molecule has 0 aromatic heterocycles. The van der Waals surface area contributed by atoms with E-state index in [1.165, 1.54) is 16.4 Å². The van der Waals surface area contributed by atoms with Gasteiger partial charge in [0.05, 0.1) is 24.5 Å². The Morgan fingerprint density at radius 1 is 1.22 bits per heavy atom. The number of anilines is 1. The van der Waals surface area contributed by atoms with E-state index in [0.29, 0.717) is 13.0 Å². The molecule has 0 aliphatic carbocycles. The van der Waals surface area contributed by atoms with Gasteiger partial charge >= 0.3 is 0 Å². The van der Waals surface area contributed by atoms with Gasteiger partial charge in [0.2, 0.25) is 5.91 Å². The maximum atomic E-state index is 11.7. The summed E-state index contributed by atoms with van der Waals surface area (Å²) in [5.74, 6) is 6.60. The van der Waals surface area contributed by atoms with Crippen LogP contribution in [0.5, 0.6) is 5.75 Å². The van der Waals surface area contributed by atoms with Crippen molar-refractivity contribution < 1.29 is 9.53 Å². The van der Waals surface area contributed by atoms with Crippen LogP contribution in [0.3, 0.4) is 0 Å². The third-order valence-corrected chi connectivity index (χ3v) is 5.38. The van der Waals surface area contributed by atoms with Crippen molar-refractivity contribution in [1.82, 2.24) is 10.2 Å². The molecule has 0 radical (unpaired) electrons. The fraction of sp³-hybridized carbons (Fsp3) is 0.500.